The van der Waals surface area contributed by atoms with E-state index in [4.69, 9.17) is 9.47 Å². The van der Waals surface area contributed by atoms with Gasteiger partial charge in [0, 0.05) is 11.6 Å². The maximum Gasteiger partial charge on any atom is 0.416 e. The Morgan fingerprint density at radius 2 is 1.78 bits per heavy atom. The number of nitrogens with one attached hydrogen (secondary N) is 1. The zero-order valence-electron chi connectivity index (χ0n) is 12.4. The third-order valence-electron chi connectivity index (χ3n) is 3.11. The smallest absolute Gasteiger partial charge is 0.416 e. The Balaban J connectivity index is 2.29. The highest BCUT2D eigenvalue weighted by atomic mass is 19.4. The van der Waals surface area contributed by atoms with Gasteiger partial charge in [-0.05, 0) is 30.3 Å². The van der Waals surface area contributed by atoms with E-state index < -0.39 is 17.6 Å². The van der Waals surface area contributed by atoms with E-state index in [9.17, 15) is 18.0 Å². The molecule has 0 spiro atoms. The lowest BCUT2D eigenvalue weighted by atomic mass is 10.1. The number of benzene rings is 2. The molecule has 0 aliphatic rings. The second-order valence-electron chi connectivity index (χ2n) is 4.60. The fourth-order valence-electron chi connectivity index (χ4n) is 1.94. The van der Waals surface area contributed by atoms with Crippen LogP contribution in [0, 0.1) is 0 Å². The van der Waals surface area contributed by atoms with Gasteiger partial charge in [-0.25, -0.2) is 0 Å². The Bertz CT molecular complexity index is 714. The zero-order valence-corrected chi connectivity index (χ0v) is 12.4. The van der Waals surface area contributed by atoms with Gasteiger partial charge in [0.25, 0.3) is 5.91 Å². The highest BCUT2D eigenvalue weighted by Crippen LogP contribution is 2.31. The van der Waals surface area contributed by atoms with Gasteiger partial charge in [0.1, 0.15) is 11.5 Å². The molecule has 0 atom stereocenters. The third-order valence-corrected chi connectivity index (χ3v) is 3.11. The Morgan fingerprint density at radius 1 is 1.04 bits per heavy atom. The first-order chi connectivity index (χ1) is 10.8. The van der Waals surface area contributed by atoms with Crippen molar-refractivity contribution in [2.24, 2.45) is 0 Å². The monoisotopic (exact) mass is 325 g/mol. The molecule has 0 bridgehead atoms. The molecule has 1 N–H and O–H groups in total. The van der Waals surface area contributed by atoms with Gasteiger partial charge < -0.3 is 14.8 Å². The summed E-state index contributed by atoms with van der Waals surface area (Å²) in [7, 11) is 2.88. The van der Waals surface area contributed by atoms with Gasteiger partial charge in [0.05, 0.1) is 25.5 Å². The summed E-state index contributed by atoms with van der Waals surface area (Å²) in [5.74, 6) is 0.166. The van der Waals surface area contributed by atoms with Crippen LogP contribution in [0.1, 0.15) is 15.9 Å². The van der Waals surface area contributed by atoms with Crippen molar-refractivity contribution in [2.45, 2.75) is 6.18 Å². The molecule has 0 aliphatic carbocycles. The van der Waals surface area contributed by atoms with Gasteiger partial charge in [-0.1, -0.05) is 6.07 Å². The summed E-state index contributed by atoms with van der Waals surface area (Å²) >= 11 is 0. The fraction of sp³-hybridized carbons (Fsp3) is 0.188. The number of hydrogen-bond acceptors (Lipinski definition) is 3. The largest absolute Gasteiger partial charge is 0.497 e. The average Bonchev–Trinajstić information content (AvgIpc) is 2.54. The first-order valence-electron chi connectivity index (χ1n) is 6.56. The molecular weight excluding hydrogens is 311 g/mol. The van der Waals surface area contributed by atoms with Crippen molar-refractivity contribution in [1.29, 1.82) is 0 Å². The van der Waals surface area contributed by atoms with E-state index in [0.717, 1.165) is 12.1 Å². The SMILES string of the molecule is COc1ccc(OC)c(NC(=O)c2cccc(C(F)(F)F)c2)c1. The van der Waals surface area contributed by atoms with Gasteiger partial charge in [-0.15, -0.1) is 0 Å². The first-order valence-corrected chi connectivity index (χ1v) is 6.56. The summed E-state index contributed by atoms with van der Waals surface area (Å²) in [6, 6.07) is 8.92. The molecule has 0 aliphatic heterocycles. The average molecular weight is 325 g/mol. The molecule has 7 heteroatoms. The minimum atomic E-state index is -4.51. The van der Waals surface area contributed by atoms with Crippen molar-refractivity contribution in [2.75, 3.05) is 19.5 Å². The van der Waals surface area contributed by atoms with Gasteiger partial charge >= 0.3 is 6.18 Å². The molecule has 0 unspecified atom stereocenters. The first kappa shape index (κ1) is 16.7. The van der Waals surface area contributed by atoms with Crippen molar-refractivity contribution in [3.8, 4) is 11.5 Å². The maximum absolute atomic E-state index is 12.7. The van der Waals surface area contributed by atoms with E-state index in [1.165, 1.54) is 32.4 Å². The van der Waals surface area contributed by atoms with Crippen molar-refractivity contribution >= 4 is 11.6 Å². The summed E-state index contributed by atoms with van der Waals surface area (Å²) < 4.78 is 48.3. The molecule has 1 amide bonds. The number of amides is 1. The number of hydrogen-bond donors (Lipinski definition) is 1. The van der Waals surface area contributed by atoms with Gasteiger partial charge in [0.2, 0.25) is 0 Å². The van der Waals surface area contributed by atoms with E-state index in [-0.39, 0.29) is 5.56 Å². The molecule has 2 aromatic carbocycles. The number of carbonyl (C=O) groups excluding carboxylic acids is 1. The predicted octanol–water partition coefficient (Wildman–Crippen LogP) is 3.97. The lowest BCUT2D eigenvalue weighted by Gasteiger charge is -2.12. The Kier molecular flexibility index (Phi) is 4.78. The van der Waals surface area contributed by atoms with E-state index in [0.29, 0.717) is 17.2 Å². The minimum Gasteiger partial charge on any atom is -0.497 e. The lowest BCUT2D eigenvalue weighted by Crippen LogP contribution is -2.14. The topological polar surface area (TPSA) is 47.6 Å². The predicted molar refractivity (Wildman–Crippen MR) is 78.9 cm³/mol. The number of carbonyl (C=O) groups is 1. The van der Waals surface area contributed by atoms with E-state index in [1.54, 1.807) is 12.1 Å². The summed E-state index contributed by atoms with van der Waals surface area (Å²) in [5, 5.41) is 2.52. The molecular formula is C16H14F3NO3. The van der Waals surface area contributed by atoms with Crippen molar-refractivity contribution < 1.29 is 27.4 Å². The van der Waals surface area contributed by atoms with Gasteiger partial charge in [-0.3, -0.25) is 4.79 Å². The highest BCUT2D eigenvalue weighted by molar-refractivity contribution is 6.05. The van der Waals surface area contributed by atoms with Crippen LogP contribution in [-0.2, 0) is 6.18 Å². The van der Waals surface area contributed by atoms with Crippen LogP contribution in [0.2, 0.25) is 0 Å². The van der Waals surface area contributed by atoms with E-state index >= 15 is 0 Å². The summed E-state index contributed by atoms with van der Waals surface area (Å²) in [6.07, 6.45) is -4.51. The fourth-order valence-corrected chi connectivity index (χ4v) is 1.94. The zero-order chi connectivity index (χ0) is 17.0. The molecule has 0 heterocycles. The molecule has 0 aromatic heterocycles. The molecule has 0 saturated heterocycles. The summed E-state index contributed by atoms with van der Waals surface area (Å²) in [5.41, 5.74) is -0.693. The number of anilines is 1. The quantitative estimate of drug-likeness (QED) is 0.925. The molecule has 4 nitrogen and oxygen atoms in total. The Hall–Kier alpha value is -2.70. The minimum absolute atomic E-state index is 0.107. The summed E-state index contributed by atoms with van der Waals surface area (Å²) in [6.45, 7) is 0. The second kappa shape index (κ2) is 6.60. The van der Waals surface area contributed by atoms with Crippen LogP contribution in [-0.4, -0.2) is 20.1 Å². The molecule has 23 heavy (non-hydrogen) atoms. The molecule has 0 saturated carbocycles. The van der Waals surface area contributed by atoms with Crippen LogP contribution in [0.15, 0.2) is 42.5 Å². The van der Waals surface area contributed by atoms with Crippen molar-refractivity contribution in [3.63, 3.8) is 0 Å². The van der Waals surface area contributed by atoms with Crippen molar-refractivity contribution in [1.82, 2.24) is 0 Å². The molecule has 2 aromatic rings. The van der Waals surface area contributed by atoms with Crippen LogP contribution in [0.25, 0.3) is 0 Å². The van der Waals surface area contributed by atoms with Crippen LogP contribution in [0.4, 0.5) is 18.9 Å². The molecule has 122 valence electrons. The van der Waals surface area contributed by atoms with Crippen molar-refractivity contribution in [3.05, 3.63) is 53.6 Å². The standard InChI is InChI=1S/C16H14F3NO3/c1-22-12-6-7-14(23-2)13(9-12)20-15(21)10-4-3-5-11(8-10)16(17,18)19/h3-9H,1-2H3,(H,20,21). The van der Waals surface area contributed by atoms with Gasteiger partial charge in [-0.2, -0.15) is 13.2 Å². The van der Waals surface area contributed by atoms with Crippen LogP contribution >= 0.6 is 0 Å². The normalized spacial score (nSPS) is 11.0. The van der Waals surface area contributed by atoms with Gasteiger partial charge in [0.15, 0.2) is 0 Å². The number of alkyl halides is 3. The third kappa shape index (κ3) is 3.94. The Morgan fingerprint density at radius 3 is 2.39 bits per heavy atom. The number of halogens is 3. The molecule has 2 rings (SSSR count). The maximum atomic E-state index is 12.7. The Labute approximate surface area is 130 Å². The van der Waals surface area contributed by atoms with Crippen LogP contribution in [0.3, 0.4) is 0 Å². The number of ether oxygens (including phenoxy) is 2. The van der Waals surface area contributed by atoms with E-state index in [2.05, 4.69) is 5.32 Å². The molecule has 0 fully saturated rings. The van der Waals surface area contributed by atoms with Crippen LogP contribution < -0.4 is 14.8 Å². The highest BCUT2D eigenvalue weighted by Gasteiger charge is 2.30. The second-order valence-corrected chi connectivity index (χ2v) is 4.60. The van der Waals surface area contributed by atoms with Crippen LogP contribution in [0.5, 0.6) is 11.5 Å². The molecule has 0 radical (unpaired) electrons. The number of rotatable bonds is 4. The number of methoxy groups -OCH3 is 2. The van der Waals surface area contributed by atoms with E-state index in [1.807, 2.05) is 0 Å². The summed E-state index contributed by atoms with van der Waals surface area (Å²) in [4.78, 5) is 12.2. The lowest BCUT2D eigenvalue weighted by molar-refractivity contribution is -0.137.